The van der Waals surface area contributed by atoms with Crippen molar-refractivity contribution in [1.29, 1.82) is 0 Å². The summed E-state index contributed by atoms with van der Waals surface area (Å²) in [4.78, 5) is 12.7. The molecule has 0 aliphatic rings. The topological polar surface area (TPSA) is 44.8 Å². The Morgan fingerprint density at radius 1 is 0.903 bits per heavy atom. The van der Waals surface area contributed by atoms with E-state index in [9.17, 15) is 4.79 Å². The number of ketones is 1. The summed E-state index contributed by atoms with van der Waals surface area (Å²) >= 11 is 0. The van der Waals surface area contributed by atoms with Gasteiger partial charge in [-0.1, -0.05) is 45.9 Å². The predicted octanol–water partition coefficient (Wildman–Crippen LogP) is 6.68. The first-order chi connectivity index (χ1) is 15.1. The molecule has 0 aliphatic heterocycles. The second-order valence-electron chi connectivity index (χ2n) is 7.26. The molecule has 0 fully saturated rings. The standard InChI is InChI=1S/C27H34O4/c1-5-9-25-22(19-24(30-17-7-3)20-27(25)31-18-8-4)12-15-26(28)21-10-13-23(14-11-21)29-16-6-2/h6,10-15,19-20H,2,5,7-9,16-18H2,1,3-4H3/b15-12+. The molecule has 2 rings (SSSR count). The maximum atomic E-state index is 12.7. The Balaban J connectivity index is 2.29. The van der Waals surface area contributed by atoms with Crippen LogP contribution in [0.5, 0.6) is 17.2 Å². The van der Waals surface area contributed by atoms with Gasteiger partial charge in [-0.3, -0.25) is 4.79 Å². The Bertz CT molecular complexity index is 866. The first-order valence-corrected chi connectivity index (χ1v) is 11.1. The molecule has 0 spiro atoms. The lowest BCUT2D eigenvalue weighted by atomic mass is 10.00. The number of carbonyl (C=O) groups excluding carboxylic acids is 1. The number of carbonyl (C=O) groups is 1. The van der Waals surface area contributed by atoms with Crippen LogP contribution in [0.25, 0.3) is 6.08 Å². The third-order valence-corrected chi connectivity index (χ3v) is 4.57. The molecule has 2 aromatic rings. The number of allylic oxidation sites excluding steroid dienone is 1. The SMILES string of the molecule is C=CCOc1ccc(C(=O)/C=C/c2cc(OCCC)cc(OCCC)c2CCC)cc1. The van der Waals surface area contributed by atoms with Crippen LogP contribution in [0.4, 0.5) is 0 Å². The summed E-state index contributed by atoms with van der Waals surface area (Å²) in [5.41, 5.74) is 2.68. The van der Waals surface area contributed by atoms with Gasteiger partial charge in [-0.15, -0.1) is 0 Å². The normalized spacial score (nSPS) is 10.8. The summed E-state index contributed by atoms with van der Waals surface area (Å²) in [6, 6.07) is 11.1. The lowest BCUT2D eigenvalue weighted by Gasteiger charge is -2.16. The van der Waals surface area contributed by atoms with Gasteiger partial charge in [0, 0.05) is 17.2 Å². The van der Waals surface area contributed by atoms with E-state index in [4.69, 9.17) is 14.2 Å². The molecule has 0 atom stereocenters. The zero-order chi connectivity index (χ0) is 22.5. The van der Waals surface area contributed by atoms with E-state index in [1.165, 1.54) is 0 Å². The van der Waals surface area contributed by atoms with Gasteiger partial charge in [0.15, 0.2) is 5.78 Å². The fraction of sp³-hybridized carbons (Fsp3) is 0.370. The average Bonchev–Trinajstić information content (AvgIpc) is 2.80. The second-order valence-corrected chi connectivity index (χ2v) is 7.26. The van der Waals surface area contributed by atoms with Gasteiger partial charge in [-0.25, -0.2) is 0 Å². The van der Waals surface area contributed by atoms with Gasteiger partial charge < -0.3 is 14.2 Å². The van der Waals surface area contributed by atoms with Crippen molar-refractivity contribution in [2.75, 3.05) is 19.8 Å². The Labute approximate surface area is 186 Å². The quantitative estimate of drug-likeness (QED) is 0.194. The van der Waals surface area contributed by atoms with E-state index in [1.807, 2.05) is 18.2 Å². The summed E-state index contributed by atoms with van der Waals surface area (Å²) in [5, 5.41) is 0. The third kappa shape index (κ3) is 7.63. The molecule has 31 heavy (non-hydrogen) atoms. The van der Waals surface area contributed by atoms with Gasteiger partial charge in [-0.05, 0) is 61.2 Å². The molecule has 0 bridgehead atoms. The molecular weight excluding hydrogens is 388 g/mol. The molecule has 0 aromatic heterocycles. The molecule has 0 amide bonds. The first kappa shape index (κ1) is 24.3. The molecule has 0 radical (unpaired) electrons. The van der Waals surface area contributed by atoms with Crippen molar-refractivity contribution in [3.63, 3.8) is 0 Å². The van der Waals surface area contributed by atoms with E-state index in [2.05, 4.69) is 27.4 Å². The summed E-state index contributed by atoms with van der Waals surface area (Å²) < 4.78 is 17.4. The van der Waals surface area contributed by atoms with Crippen molar-refractivity contribution in [3.8, 4) is 17.2 Å². The van der Waals surface area contributed by atoms with E-state index >= 15 is 0 Å². The summed E-state index contributed by atoms with van der Waals surface area (Å²) in [7, 11) is 0. The van der Waals surface area contributed by atoms with E-state index in [0.29, 0.717) is 31.1 Å². The van der Waals surface area contributed by atoms with Crippen LogP contribution < -0.4 is 14.2 Å². The Morgan fingerprint density at radius 3 is 2.26 bits per heavy atom. The monoisotopic (exact) mass is 422 g/mol. The molecular formula is C27H34O4. The van der Waals surface area contributed by atoms with Gasteiger partial charge >= 0.3 is 0 Å². The highest BCUT2D eigenvalue weighted by Gasteiger charge is 2.12. The maximum Gasteiger partial charge on any atom is 0.185 e. The van der Waals surface area contributed by atoms with Gasteiger partial charge in [0.05, 0.1) is 13.2 Å². The molecule has 0 N–H and O–H groups in total. The molecule has 0 unspecified atom stereocenters. The second kappa shape index (κ2) is 13.3. The summed E-state index contributed by atoms with van der Waals surface area (Å²) in [5.74, 6) is 2.26. The molecule has 4 heteroatoms. The minimum Gasteiger partial charge on any atom is -0.493 e. The predicted molar refractivity (Wildman–Crippen MR) is 128 cm³/mol. The summed E-state index contributed by atoms with van der Waals surface area (Å²) in [6.45, 7) is 11.7. The van der Waals surface area contributed by atoms with Crippen molar-refractivity contribution < 1.29 is 19.0 Å². The van der Waals surface area contributed by atoms with Crippen LogP contribution in [0.1, 0.15) is 61.5 Å². The van der Waals surface area contributed by atoms with Crippen LogP contribution in [0.3, 0.4) is 0 Å². The van der Waals surface area contributed by atoms with Gasteiger partial charge in [0.25, 0.3) is 0 Å². The lowest BCUT2D eigenvalue weighted by Crippen LogP contribution is -2.03. The summed E-state index contributed by atoms with van der Waals surface area (Å²) in [6.07, 6.45) is 8.88. The fourth-order valence-electron chi connectivity index (χ4n) is 3.08. The number of rotatable bonds is 14. The van der Waals surface area contributed by atoms with E-state index in [-0.39, 0.29) is 5.78 Å². The minimum absolute atomic E-state index is 0.0615. The van der Waals surface area contributed by atoms with Crippen molar-refractivity contribution in [2.45, 2.75) is 46.5 Å². The average molecular weight is 423 g/mol. The minimum atomic E-state index is -0.0615. The van der Waals surface area contributed by atoms with Crippen molar-refractivity contribution in [3.05, 3.63) is 71.8 Å². The molecule has 0 saturated heterocycles. The van der Waals surface area contributed by atoms with Crippen LogP contribution in [0, 0.1) is 0 Å². The molecule has 4 nitrogen and oxygen atoms in total. The van der Waals surface area contributed by atoms with E-state index in [1.54, 1.807) is 36.4 Å². The first-order valence-electron chi connectivity index (χ1n) is 11.1. The number of benzene rings is 2. The van der Waals surface area contributed by atoms with Crippen LogP contribution >= 0.6 is 0 Å². The molecule has 0 saturated carbocycles. The Morgan fingerprint density at radius 2 is 1.61 bits per heavy atom. The van der Waals surface area contributed by atoms with E-state index < -0.39 is 0 Å². The zero-order valence-corrected chi connectivity index (χ0v) is 19.0. The molecule has 166 valence electrons. The third-order valence-electron chi connectivity index (χ3n) is 4.57. The Kier molecular flexibility index (Phi) is 10.4. The smallest absolute Gasteiger partial charge is 0.185 e. The fourth-order valence-corrected chi connectivity index (χ4v) is 3.08. The number of hydrogen-bond donors (Lipinski definition) is 0. The number of ether oxygens (including phenoxy) is 3. The zero-order valence-electron chi connectivity index (χ0n) is 19.0. The van der Waals surface area contributed by atoms with Crippen LogP contribution in [0.2, 0.25) is 0 Å². The highest BCUT2D eigenvalue weighted by Crippen LogP contribution is 2.31. The maximum absolute atomic E-state index is 12.7. The highest BCUT2D eigenvalue weighted by molar-refractivity contribution is 6.07. The van der Waals surface area contributed by atoms with E-state index in [0.717, 1.165) is 48.3 Å². The van der Waals surface area contributed by atoms with Crippen LogP contribution in [0.15, 0.2) is 55.1 Å². The van der Waals surface area contributed by atoms with Gasteiger partial charge in [-0.2, -0.15) is 0 Å². The molecule has 2 aromatic carbocycles. The van der Waals surface area contributed by atoms with Crippen LogP contribution in [-0.2, 0) is 6.42 Å². The molecule has 0 heterocycles. The van der Waals surface area contributed by atoms with Crippen molar-refractivity contribution in [1.82, 2.24) is 0 Å². The Hall–Kier alpha value is -3.01. The molecule has 0 aliphatic carbocycles. The van der Waals surface area contributed by atoms with Crippen LogP contribution in [-0.4, -0.2) is 25.6 Å². The highest BCUT2D eigenvalue weighted by atomic mass is 16.5. The lowest BCUT2D eigenvalue weighted by molar-refractivity contribution is 0.104. The number of hydrogen-bond acceptors (Lipinski definition) is 4. The van der Waals surface area contributed by atoms with Gasteiger partial charge in [0.1, 0.15) is 23.9 Å². The van der Waals surface area contributed by atoms with Crippen molar-refractivity contribution >= 4 is 11.9 Å². The van der Waals surface area contributed by atoms with Gasteiger partial charge in [0.2, 0.25) is 0 Å². The largest absolute Gasteiger partial charge is 0.493 e. The van der Waals surface area contributed by atoms with Crippen molar-refractivity contribution in [2.24, 2.45) is 0 Å².